The number of anilines is 1. The van der Waals surface area contributed by atoms with Gasteiger partial charge in [0.05, 0.1) is 23.4 Å². The van der Waals surface area contributed by atoms with Crippen molar-refractivity contribution in [3.8, 4) is 10.6 Å². The van der Waals surface area contributed by atoms with Gasteiger partial charge >= 0.3 is 5.97 Å². The second-order valence-corrected chi connectivity index (χ2v) is 9.41. The first-order chi connectivity index (χ1) is 15.4. The standard InChI is InChI=1S/C24H24ClN3O3S/c1-15-21(32-23(26-15)16-8-10-17(25)11-9-16)13-22(29)27-18-5-4-12-28(14-18)20-7-3-2-6-19(20)24(30)31/h2-3,6-11,18H,4-5,12-14H2,1H3,(H,27,29)(H,30,31). The molecular formula is C24H24ClN3O3S. The van der Waals surface area contributed by atoms with E-state index in [1.165, 1.54) is 11.3 Å². The van der Waals surface area contributed by atoms with Gasteiger partial charge in [-0.3, -0.25) is 4.79 Å². The molecular weight excluding hydrogens is 446 g/mol. The van der Waals surface area contributed by atoms with Crippen LogP contribution in [0.15, 0.2) is 48.5 Å². The van der Waals surface area contributed by atoms with Gasteiger partial charge in [-0.05, 0) is 44.0 Å². The Kier molecular flexibility index (Phi) is 6.77. The summed E-state index contributed by atoms with van der Waals surface area (Å²) in [5, 5.41) is 14.2. The minimum absolute atomic E-state index is 0.0259. The fourth-order valence-electron chi connectivity index (χ4n) is 3.98. The van der Waals surface area contributed by atoms with E-state index >= 15 is 0 Å². The number of nitrogens with zero attached hydrogens (tertiary/aromatic N) is 2. The lowest BCUT2D eigenvalue weighted by Gasteiger charge is -2.35. The van der Waals surface area contributed by atoms with Crippen molar-refractivity contribution in [3.05, 3.63) is 69.7 Å². The van der Waals surface area contributed by atoms with E-state index in [9.17, 15) is 14.7 Å². The predicted molar refractivity (Wildman–Crippen MR) is 128 cm³/mol. The molecule has 1 aliphatic rings. The van der Waals surface area contributed by atoms with Gasteiger partial charge in [-0.15, -0.1) is 11.3 Å². The minimum atomic E-state index is -0.941. The molecule has 2 aromatic carbocycles. The van der Waals surface area contributed by atoms with Crippen LogP contribution in [0.25, 0.3) is 10.6 Å². The Labute approximate surface area is 195 Å². The lowest BCUT2D eigenvalue weighted by molar-refractivity contribution is -0.121. The van der Waals surface area contributed by atoms with Crippen LogP contribution in [0.3, 0.4) is 0 Å². The molecule has 1 aliphatic heterocycles. The van der Waals surface area contributed by atoms with E-state index in [1.54, 1.807) is 12.1 Å². The first-order valence-corrected chi connectivity index (χ1v) is 11.7. The Morgan fingerprint density at radius 1 is 1.22 bits per heavy atom. The highest BCUT2D eigenvalue weighted by atomic mass is 35.5. The van der Waals surface area contributed by atoms with Crippen molar-refractivity contribution in [1.82, 2.24) is 10.3 Å². The molecule has 1 unspecified atom stereocenters. The zero-order valence-electron chi connectivity index (χ0n) is 17.7. The Hall–Kier alpha value is -2.90. The molecule has 8 heteroatoms. The van der Waals surface area contributed by atoms with E-state index < -0.39 is 5.97 Å². The number of carboxylic acids is 1. The van der Waals surface area contributed by atoms with Gasteiger partial charge in [-0.2, -0.15) is 0 Å². The molecule has 1 amide bonds. The first kappa shape index (κ1) is 22.3. The molecule has 32 heavy (non-hydrogen) atoms. The monoisotopic (exact) mass is 469 g/mol. The molecule has 1 saturated heterocycles. The summed E-state index contributed by atoms with van der Waals surface area (Å²) in [5.74, 6) is -0.985. The number of thiazole rings is 1. The van der Waals surface area contributed by atoms with Crippen LogP contribution in [0.2, 0.25) is 5.02 Å². The molecule has 0 aliphatic carbocycles. The van der Waals surface area contributed by atoms with Crippen LogP contribution in [0.5, 0.6) is 0 Å². The lowest BCUT2D eigenvalue weighted by Crippen LogP contribution is -2.48. The number of carbonyl (C=O) groups is 2. The quantitative estimate of drug-likeness (QED) is 0.542. The number of para-hydroxylation sites is 1. The number of aromatic nitrogens is 1. The zero-order chi connectivity index (χ0) is 22.7. The van der Waals surface area contributed by atoms with Gasteiger partial charge in [0, 0.05) is 34.6 Å². The number of amides is 1. The number of benzene rings is 2. The summed E-state index contributed by atoms with van der Waals surface area (Å²) < 4.78 is 0. The molecule has 1 fully saturated rings. The highest BCUT2D eigenvalue weighted by Crippen LogP contribution is 2.29. The number of rotatable bonds is 6. The van der Waals surface area contributed by atoms with Gasteiger partial charge in [0.2, 0.25) is 5.91 Å². The van der Waals surface area contributed by atoms with Gasteiger partial charge in [-0.25, -0.2) is 9.78 Å². The summed E-state index contributed by atoms with van der Waals surface area (Å²) in [6, 6.07) is 14.5. The number of aromatic carboxylic acids is 1. The molecule has 0 radical (unpaired) electrons. The maximum absolute atomic E-state index is 12.8. The molecule has 0 saturated carbocycles. The topological polar surface area (TPSA) is 82.5 Å². The highest BCUT2D eigenvalue weighted by molar-refractivity contribution is 7.15. The molecule has 0 bridgehead atoms. The fraction of sp³-hybridized carbons (Fsp3) is 0.292. The third-order valence-electron chi connectivity index (χ3n) is 5.57. The summed E-state index contributed by atoms with van der Waals surface area (Å²) in [6.07, 6.45) is 2.04. The number of hydrogen-bond donors (Lipinski definition) is 2. The maximum atomic E-state index is 12.8. The number of carboxylic acid groups (broad SMARTS) is 1. The van der Waals surface area contributed by atoms with Crippen molar-refractivity contribution < 1.29 is 14.7 Å². The number of halogens is 1. The summed E-state index contributed by atoms with van der Waals surface area (Å²) in [7, 11) is 0. The number of nitrogens with one attached hydrogen (secondary N) is 1. The van der Waals surface area contributed by atoms with E-state index in [0.29, 0.717) is 17.3 Å². The third-order valence-corrected chi connectivity index (χ3v) is 7.03. The molecule has 1 aromatic heterocycles. The third kappa shape index (κ3) is 5.11. The number of hydrogen-bond acceptors (Lipinski definition) is 5. The van der Waals surface area contributed by atoms with E-state index in [0.717, 1.165) is 40.5 Å². The van der Waals surface area contributed by atoms with Gasteiger partial charge in [0.25, 0.3) is 0 Å². The molecule has 1 atom stereocenters. The fourth-order valence-corrected chi connectivity index (χ4v) is 5.17. The Morgan fingerprint density at radius 2 is 1.97 bits per heavy atom. The first-order valence-electron chi connectivity index (χ1n) is 10.5. The molecule has 6 nitrogen and oxygen atoms in total. The van der Waals surface area contributed by atoms with Crippen LogP contribution in [-0.4, -0.2) is 41.1 Å². The normalized spacial score (nSPS) is 16.1. The molecule has 166 valence electrons. The van der Waals surface area contributed by atoms with E-state index in [2.05, 4.69) is 15.2 Å². The van der Waals surface area contributed by atoms with E-state index in [1.807, 2.05) is 43.3 Å². The SMILES string of the molecule is Cc1nc(-c2ccc(Cl)cc2)sc1CC(=O)NC1CCCN(c2ccccc2C(=O)O)C1. The maximum Gasteiger partial charge on any atom is 0.337 e. The number of piperidine rings is 1. The number of carbonyl (C=O) groups excluding carboxylic acids is 1. The van der Waals surface area contributed by atoms with Crippen LogP contribution in [0, 0.1) is 6.92 Å². The number of aryl methyl sites for hydroxylation is 1. The van der Waals surface area contributed by atoms with Crippen molar-refractivity contribution in [2.24, 2.45) is 0 Å². The molecule has 0 spiro atoms. The summed E-state index contributed by atoms with van der Waals surface area (Å²) in [5.41, 5.74) is 2.82. The van der Waals surface area contributed by atoms with Crippen LogP contribution >= 0.6 is 22.9 Å². The largest absolute Gasteiger partial charge is 0.478 e. The Balaban J connectivity index is 1.40. The van der Waals surface area contributed by atoms with Crippen molar-refractivity contribution >= 4 is 40.5 Å². The Morgan fingerprint density at radius 3 is 2.72 bits per heavy atom. The molecule has 4 rings (SSSR count). The van der Waals surface area contributed by atoms with Crippen molar-refractivity contribution in [2.45, 2.75) is 32.2 Å². The minimum Gasteiger partial charge on any atom is -0.478 e. The van der Waals surface area contributed by atoms with E-state index in [-0.39, 0.29) is 23.9 Å². The molecule has 2 N–H and O–H groups in total. The Bertz CT molecular complexity index is 1130. The average Bonchev–Trinajstić information content (AvgIpc) is 3.14. The average molecular weight is 470 g/mol. The van der Waals surface area contributed by atoms with Crippen molar-refractivity contribution in [1.29, 1.82) is 0 Å². The van der Waals surface area contributed by atoms with Crippen LogP contribution < -0.4 is 10.2 Å². The summed E-state index contributed by atoms with van der Waals surface area (Å²) in [4.78, 5) is 32.0. The summed E-state index contributed by atoms with van der Waals surface area (Å²) in [6.45, 7) is 3.28. The van der Waals surface area contributed by atoms with Crippen molar-refractivity contribution in [3.63, 3.8) is 0 Å². The summed E-state index contributed by atoms with van der Waals surface area (Å²) >= 11 is 7.49. The van der Waals surface area contributed by atoms with Gasteiger partial charge in [0.15, 0.2) is 0 Å². The second-order valence-electron chi connectivity index (χ2n) is 7.89. The van der Waals surface area contributed by atoms with Crippen molar-refractivity contribution in [2.75, 3.05) is 18.0 Å². The van der Waals surface area contributed by atoms with Gasteiger partial charge < -0.3 is 15.3 Å². The van der Waals surface area contributed by atoms with E-state index in [4.69, 9.17) is 11.6 Å². The van der Waals surface area contributed by atoms with Gasteiger partial charge in [0.1, 0.15) is 5.01 Å². The van der Waals surface area contributed by atoms with Crippen LogP contribution in [0.4, 0.5) is 5.69 Å². The lowest BCUT2D eigenvalue weighted by atomic mass is 10.0. The molecule has 2 heterocycles. The second kappa shape index (κ2) is 9.71. The van der Waals surface area contributed by atoms with Gasteiger partial charge in [-0.1, -0.05) is 35.9 Å². The smallest absolute Gasteiger partial charge is 0.337 e. The zero-order valence-corrected chi connectivity index (χ0v) is 19.2. The predicted octanol–water partition coefficient (Wildman–Crippen LogP) is 4.80. The highest BCUT2D eigenvalue weighted by Gasteiger charge is 2.25. The molecule has 3 aromatic rings. The van der Waals surface area contributed by atoms with Crippen LogP contribution in [0.1, 0.15) is 33.8 Å². The van der Waals surface area contributed by atoms with Crippen LogP contribution in [-0.2, 0) is 11.2 Å².